The second kappa shape index (κ2) is 4.26. The van der Waals surface area contributed by atoms with Gasteiger partial charge in [0.1, 0.15) is 12.4 Å². The Morgan fingerprint density at radius 1 is 1.36 bits per heavy atom. The second-order valence-electron chi connectivity index (χ2n) is 2.10. The number of rotatable bonds is 3. The van der Waals surface area contributed by atoms with Crippen LogP contribution in [-0.4, -0.2) is 13.2 Å². The summed E-state index contributed by atoms with van der Waals surface area (Å²) in [7, 11) is 0. The number of nitrogens with two attached hydrogens (primary N) is 1. The van der Waals surface area contributed by atoms with Crippen LogP contribution < -0.4 is 10.5 Å². The summed E-state index contributed by atoms with van der Waals surface area (Å²) in [5.74, 6) is 0.793. The van der Waals surface area contributed by atoms with Gasteiger partial charge in [0.2, 0.25) is 0 Å². The van der Waals surface area contributed by atoms with Gasteiger partial charge < -0.3 is 10.5 Å². The number of benzene rings is 1. The Hall–Kier alpha value is -0.670. The van der Waals surface area contributed by atoms with Gasteiger partial charge in [-0.2, -0.15) is 0 Å². The molecule has 0 fully saturated rings. The number of hydrogen-bond donors (Lipinski definition) is 2. The fraction of sp³-hybridized carbons (Fsp3) is 0.250. The Balaban J connectivity index is 2.62. The molecule has 0 aliphatic rings. The smallest absolute Gasteiger partial charge is 0.132 e. The highest BCUT2D eigenvalue weighted by Crippen LogP contribution is 2.20. The fourth-order valence-electron chi connectivity index (χ4n) is 0.748. The van der Waals surface area contributed by atoms with E-state index in [0.29, 0.717) is 13.2 Å². The molecular formula is C8H11NOS. The lowest BCUT2D eigenvalue weighted by atomic mass is 10.3. The molecule has 0 aromatic heterocycles. The molecule has 2 N–H and O–H groups in total. The highest BCUT2D eigenvalue weighted by atomic mass is 32.1. The van der Waals surface area contributed by atoms with Crippen LogP contribution in [0.4, 0.5) is 0 Å². The van der Waals surface area contributed by atoms with Crippen LogP contribution in [0.15, 0.2) is 29.2 Å². The van der Waals surface area contributed by atoms with E-state index in [1.807, 2.05) is 24.3 Å². The molecule has 0 heterocycles. The molecule has 2 nitrogen and oxygen atoms in total. The first-order valence-corrected chi connectivity index (χ1v) is 3.90. The predicted molar refractivity (Wildman–Crippen MR) is 48.2 cm³/mol. The summed E-state index contributed by atoms with van der Waals surface area (Å²) in [6.07, 6.45) is 0. The van der Waals surface area contributed by atoms with Gasteiger partial charge >= 0.3 is 0 Å². The molecule has 1 aromatic carbocycles. The Kier molecular flexibility index (Phi) is 3.26. The SMILES string of the molecule is NCCOc1ccccc1S. The third kappa shape index (κ3) is 2.44. The average molecular weight is 169 g/mol. The van der Waals surface area contributed by atoms with E-state index >= 15 is 0 Å². The van der Waals surface area contributed by atoms with E-state index in [1.165, 1.54) is 0 Å². The minimum absolute atomic E-state index is 0.530. The molecule has 0 radical (unpaired) electrons. The minimum Gasteiger partial charge on any atom is -0.491 e. The monoisotopic (exact) mass is 169 g/mol. The summed E-state index contributed by atoms with van der Waals surface area (Å²) in [5, 5.41) is 0. The molecule has 0 saturated heterocycles. The summed E-state index contributed by atoms with van der Waals surface area (Å²) >= 11 is 4.20. The van der Waals surface area contributed by atoms with Gasteiger partial charge in [0.05, 0.1) is 0 Å². The molecule has 0 spiro atoms. The summed E-state index contributed by atoms with van der Waals surface area (Å²) in [4.78, 5) is 0.848. The zero-order chi connectivity index (χ0) is 8.10. The molecule has 0 atom stereocenters. The van der Waals surface area contributed by atoms with Gasteiger partial charge in [0.25, 0.3) is 0 Å². The van der Waals surface area contributed by atoms with Crippen molar-refractivity contribution >= 4 is 12.6 Å². The molecule has 1 aromatic rings. The molecule has 11 heavy (non-hydrogen) atoms. The van der Waals surface area contributed by atoms with Crippen molar-refractivity contribution in [3.05, 3.63) is 24.3 Å². The summed E-state index contributed by atoms with van der Waals surface area (Å²) in [5.41, 5.74) is 5.28. The van der Waals surface area contributed by atoms with Crippen LogP contribution >= 0.6 is 12.6 Å². The van der Waals surface area contributed by atoms with Crippen LogP contribution in [0, 0.1) is 0 Å². The van der Waals surface area contributed by atoms with E-state index in [2.05, 4.69) is 12.6 Å². The maximum atomic E-state index is 5.28. The molecule has 3 heteroatoms. The summed E-state index contributed by atoms with van der Waals surface area (Å²) in [6.45, 7) is 1.07. The first kappa shape index (κ1) is 8.43. The number of ether oxygens (including phenoxy) is 1. The van der Waals surface area contributed by atoms with E-state index in [-0.39, 0.29) is 0 Å². The maximum Gasteiger partial charge on any atom is 0.132 e. The largest absolute Gasteiger partial charge is 0.491 e. The highest BCUT2D eigenvalue weighted by molar-refractivity contribution is 7.80. The minimum atomic E-state index is 0.530. The van der Waals surface area contributed by atoms with Crippen molar-refractivity contribution in [3.63, 3.8) is 0 Å². The van der Waals surface area contributed by atoms with Gasteiger partial charge in [0.15, 0.2) is 0 Å². The third-order valence-corrected chi connectivity index (χ3v) is 1.61. The highest BCUT2D eigenvalue weighted by Gasteiger charge is 1.95. The van der Waals surface area contributed by atoms with Crippen molar-refractivity contribution in [2.45, 2.75) is 4.90 Å². The van der Waals surface area contributed by atoms with Gasteiger partial charge in [-0.05, 0) is 12.1 Å². The normalized spacial score (nSPS) is 9.64. The first-order valence-electron chi connectivity index (χ1n) is 3.45. The van der Waals surface area contributed by atoms with Crippen LogP contribution in [0.5, 0.6) is 5.75 Å². The van der Waals surface area contributed by atoms with E-state index in [0.717, 1.165) is 10.6 Å². The van der Waals surface area contributed by atoms with E-state index in [9.17, 15) is 0 Å². The Morgan fingerprint density at radius 2 is 2.09 bits per heavy atom. The van der Waals surface area contributed by atoms with Crippen molar-refractivity contribution in [2.75, 3.05) is 13.2 Å². The van der Waals surface area contributed by atoms with E-state index in [4.69, 9.17) is 10.5 Å². The lowest BCUT2D eigenvalue weighted by Crippen LogP contribution is -2.10. The number of hydrogen-bond acceptors (Lipinski definition) is 3. The van der Waals surface area contributed by atoms with Crippen LogP contribution in [0.1, 0.15) is 0 Å². The predicted octanol–water partition coefficient (Wildman–Crippen LogP) is 1.31. The zero-order valence-electron chi connectivity index (χ0n) is 6.16. The van der Waals surface area contributed by atoms with Crippen molar-refractivity contribution in [1.82, 2.24) is 0 Å². The van der Waals surface area contributed by atoms with Gasteiger partial charge in [-0.1, -0.05) is 12.1 Å². The van der Waals surface area contributed by atoms with Crippen LogP contribution in [0.25, 0.3) is 0 Å². The lowest BCUT2D eigenvalue weighted by molar-refractivity contribution is 0.321. The number of thiol groups is 1. The standard InChI is InChI=1S/C8H11NOS/c9-5-6-10-7-3-1-2-4-8(7)11/h1-4,11H,5-6,9H2. The molecular weight excluding hydrogens is 158 g/mol. The molecule has 60 valence electrons. The molecule has 0 amide bonds. The molecule has 0 bridgehead atoms. The van der Waals surface area contributed by atoms with Gasteiger partial charge in [-0.25, -0.2) is 0 Å². The average Bonchev–Trinajstić information content (AvgIpc) is 2.03. The molecule has 1 rings (SSSR count). The van der Waals surface area contributed by atoms with Gasteiger partial charge in [-0.15, -0.1) is 12.6 Å². The van der Waals surface area contributed by atoms with Crippen LogP contribution in [-0.2, 0) is 0 Å². The van der Waals surface area contributed by atoms with Gasteiger partial charge in [-0.3, -0.25) is 0 Å². The molecule has 0 aliphatic heterocycles. The topological polar surface area (TPSA) is 35.2 Å². The van der Waals surface area contributed by atoms with Crippen molar-refractivity contribution < 1.29 is 4.74 Å². The Morgan fingerprint density at radius 3 is 2.73 bits per heavy atom. The van der Waals surface area contributed by atoms with Crippen LogP contribution in [0.2, 0.25) is 0 Å². The second-order valence-corrected chi connectivity index (χ2v) is 2.59. The van der Waals surface area contributed by atoms with E-state index in [1.54, 1.807) is 0 Å². The van der Waals surface area contributed by atoms with Crippen molar-refractivity contribution in [2.24, 2.45) is 5.73 Å². The van der Waals surface area contributed by atoms with Gasteiger partial charge in [0, 0.05) is 11.4 Å². The van der Waals surface area contributed by atoms with Crippen LogP contribution in [0.3, 0.4) is 0 Å². The molecule has 0 aliphatic carbocycles. The molecule has 0 unspecified atom stereocenters. The van der Waals surface area contributed by atoms with Crippen molar-refractivity contribution in [3.8, 4) is 5.75 Å². The third-order valence-electron chi connectivity index (χ3n) is 1.24. The quantitative estimate of drug-likeness (QED) is 0.669. The fourth-order valence-corrected chi connectivity index (χ4v) is 0.973. The first-order chi connectivity index (χ1) is 5.34. The van der Waals surface area contributed by atoms with E-state index < -0.39 is 0 Å². The number of para-hydroxylation sites is 1. The maximum absolute atomic E-state index is 5.28. The Bertz CT molecular complexity index is 227. The summed E-state index contributed by atoms with van der Waals surface area (Å²) < 4.78 is 5.28. The zero-order valence-corrected chi connectivity index (χ0v) is 7.05. The lowest BCUT2D eigenvalue weighted by Gasteiger charge is -2.05. The summed E-state index contributed by atoms with van der Waals surface area (Å²) in [6, 6.07) is 7.58. The van der Waals surface area contributed by atoms with Crippen molar-refractivity contribution in [1.29, 1.82) is 0 Å². The Labute approximate surface area is 71.8 Å². The molecule has 0 saturated carbocycles.